The van der Waals surface area contributed by atoms with E-state index in [4.69, 9.17) is 0 Å². The summed E-state index contributed by atoms with van der Waals surface area (Å²) < 4.78 is 0. The van der Waals surface area contributed by atoms with Crippen molar-refractivity contribution < 1.29 is 0 Å². The molecule has 1 rings (SSSR count). The predicted octanol–water partition coefficient (Wildman–Crippen LogP) is 2.48. The molecule has 0 spiro atoms. The van der Waals surface area contributed by atoms with Gasteiger partial charge in [0.2, 0.25) is 0 Å². The van der Waals surface area contributed by atoms with Gasteiger partial charge in [0.25, 0.3) is 0 Å². The molecule has 1 heterocycles. The summed E-state index contributed by atoms with van der Waals surface area (Å²) in [6, 6.07) is 0. The summed E-state index contributed by atoms with van der Waals surface area (Å²) in [5, 5.41) is 6.86. The summed E-state index contributed by atoms with van der Waals surface area (Å²) in [7, 11) is 0. The van der Waals surface area contributed by atoms with Crippen molar-refractivity contribution in [2.24, 2.45) is 10.8 Å². The zero-order valence-corrected chi connectivity index (χ0v) is 10.4. The Morgan fingerprint density at radius 2 is 1.50 bits per heavy atom. The van der Waals surface area contributed by atoms with E-state index in [1.54, 1.807) is 0 Å². The van der Waals surface area contributed by atoms with Crippen LogP contribution in [0.2, 0.25) is 0 Å². The minimum Gasteiger partial charge on any atom is -0.375 e. The largest absolute Gasteiger partial charge is 0.375 e. The summed E-state index contributed by atoms with van der Waals surface area (Å²) in [6.45, 7) is 15.6. The minimum atomic E-state index is 0.227. The van der Waals surface area contributed by atoms with E-state index in [0.29, 0.717) is 0 Å². The molecule has 0 fully saturated rings. The van der Waals surface area contributed by atoms with Crippen LogP contribution in [-0.4, -0.2) is 13.2 Å². The second-order valence-electron chi connectivity index (χ2n) is 6.13. The third-order valence-electron chi connectivity index (χ3n) is 2.65. The summed E-state index contributed by atoms with van der Waals surface area (Å²) in [5.41, 5.74) is 3.41. The summed E-state index contributed by atoms with van der Waals surface area (Å²) in [4.78, 5) is 0. The number of rotatable bonds is 0. The Kier molecular flexibility index (Phi) is 2.96. The molecule has 0 amide bonds. The standard InChI is InChI=1S/C12H24N2/c1-11(2,3)9-7-13-8-14-10(9)12(4,5)6/h13-14H,7-8H2,1-6H3. The molecule has 0 bridgehead atoms. The lowest BCUT2D eigenvalue weighted by atomic mass is 9.78. The molecule has 0 aromatic heterocycles. The predicted molar refractivity (Wildman–Crippen MR) is 61.9 cm³/mol. The van der Waals surface area contributed by atoms with Gasteiger partial charge in [0, 0.05) is 17.7 Å². The summed E-state index contributed by atoms with van der Waals surface area (Å²) in [6.07, 6.45) is 0. The number of hydrogen-bond acceptors (Lipinski definition) is 2. The van der Waals surface area contributed by atoms with Gasteiger partial charge in [-0.05, 0) is 11.0 Å². The van der Waals surface area contributed by atoms with E-state index in [2.05, 4.69) is 52.2 Å². The van der Waals surface area contributed by atoms with Gasteiger partial charge in [-0.15, -0.1) is 0 Å². The van der Waals surface area contributed by atoms with Gasteiger partial charge in [-0.3, -0.25) is 5.32 Å². The van der Waals surface area contributed by atoms with Crippen molar-refractivity contribution in [2.45, 2.75) is 41.5 Å². The molecule has 14 heavy (non-hydrogen) atoms. The highest BCUT2D eigenvalue weighted by molar-refractivity contribution is 5.26. The molecule has 82 valence electrons. The lowest BCUT2D eigenvalue weighted by Crippen LogP contribution is -2.43. The van der Waals surface area contributed by atoms with Crippen molar-refractivity contribution in [1.29, 1.82) is 0 Å². The first-order valence-electron chi connectivity index (χ1n) is 5.41. The van der Waals surface area contributed by atoms with E-state index in [-0.39, 0.29) is 10.8 Å². The Hall–Kier alpha value is -0.500. The lowest BCUT2D eigenvalue weighted by Gasteiger charge is -2.37. The van der Waals surface area contributed by atoms with Gasteiger partial charge in [-0.1, -0.05) is 41.5 Å². The molecule has 0 aromatic rings. The van der Waals surface area contributed by atoms with Crippen molar-refractivity contribution in [2.75, 3.05) is 13.2 Å². The normalized spacial score (nSPS) is 19.6. The first-order valence-corrected chi connectivity index (χ1v) is 5.41. The van der Waals surface area contributed by atoms with Gasteiger partial charge in [0.15, 0.2) is 0 Å². The average molecular weight is 196 g/mol. The van der Waals surface area contributed by atoms with Crippen molar-refractivity contribution in [3.8, 4) is 0 Å². The van der Waals surface area contributed by atoms with Gasteiger partial charge < -0.3 is 5.32 Å². The van der Waals surface area contributed by atoms with Crippen molar-refractivity contribution in [3.63, 3.8) is 0 Å². The molecule has 1 aliphatic rings. The molecular weight excluding hydrogens is 172 g/mol. The highest BCUT2D eigenvalue weighted by Gasteiger charge is 2.29. The SMILES string of the molecule is CC(C)(C)C1=C(C(C)(C)C)NCNC1. The molecular formula is C12H24N2. The Bertz CT molecular complexity index is 212. The maximum atomic E-state index is 3.48. The molecule has 0 atom stereocenters. The smallest absolute Gasteiger partial charge is 0.0653 e. The second kappa shape index (κ2) is 3.58. The van der Waals surface area contributed by atoms with E-state index in [1.807, 2.05) is 0 Å². The van der Waals surface area contributed by atoms with Gasteiger partial charge in [0.05, 0.1) is 6.67 Å². The van der Waals surface area contributed by atoms with Crippen LogP contribution in [0.4, 0.5) is 0 Å². The van der Waals surface area contributed by atoms with Gasteiger partial charge in [-0.25, -0.2) is 0 Å². The zero-order chi connectivity index (χ0) is 11.0. The molecule has 1 aliphatic heterocycles. The maximum Gasteiger partial charge on any atom is 0.0653 e. The highest BCUT2D eigenvalue weighted by atomic mass is 15.1. The highest BCUT2D eigenvalue weighted by Crippen LogP contribution is 2.35. The third kappa shape index (κ3) is 2.50. The van der Waals surface area contributed by atoms with Gasteiger partial charge >= 0.3 is 0 Å². The van der Waals surface area contributed by atoms with Crippen LogP contribution in [-0.2, 0) is 0 Å². The van der Waals surface area contributed by atoms with Crippen LogP contribution in [0.15, 0.2) is 11.3 Å². The minimum absolute atomic E-state index is 0.227. The molecule has 2 nitrogen and oxygen atoms in total. The molecule has 2 N–H and O–H groups in total. The monoisotopic (exact) mass is 196 g/mol. The molecule has 0 aromatic carbocycles. The van der Waals surface area contributed by atoms with E-state index in [9.17, 15) is 0 Å². The molecule has 0 saturated heterocycles. The van der Waals surface area contributed by atoms with Gasteiger partial charge in [0.1, 0.15) is 0 Å². The van der Waals surface area contributed by atoms with Crippen molar-refractivity contribution in [1.82, 2.24) is 10.6 Å². The van der Waals surface area contributed by atoms with Crippen LogP contribution >= 0.6 is 0 Å². The number of allylic oxidation sites excluding steroid dienone is 1. The molecule has 0 saturated carbocycles. The van der Waals surface area contributed by atoms with Crippen LogP contribution in [0.1, 0.15) is 41.5 Å². The third-order valence-corrected chi connectivity index (χ3v) is 2.65. The van der Waals surface area contributed by atoms with Gasteiger partial charge in [-0.2, -0.15) is 0 Å². The Balaban J connectivity index is 3.10. The fraction of sp³-hybridized carbons (Fsp3) is 0.833. The van der Waals surface area contributed by atoms with E-state index in [0.717, 1.165) is 13.2 Å². The molecule has 2 heteroatoms. The molecule has 0 aliphatic carbocycles. The fourth-order valence-corrected chi connectivity index (χ4v) is 1.89. The maximum absolute atomic E-state index is 3.48. The Morgan fingerprint density at radius 3 is 1.86 bits per heavy atom. The van der Waals surface area contributed by atoms with Crippen LogP contribution in [0.25, 0.3) is 0 Å². The van der Waals surface area contributed by atoms with E-state index >= 15 is 0 Å². The first kappa shape index (κ1) is 11.6. The second-order valence-corrected chi connectivity index (χ2v) is 6.13. The van der Waals surface area contributed by atoms with E-state index in [1.165, 1.54) is 11.3 Å². The van der Waals surface area contributed by atoms with Crippen LogP contribution in [0.5, 0.6) is 0 Å². The van der Waals surface area contributed by atoms with Crippen LogP contribution in [0.3, 0.4) is 0 Å². The first-order chi connectivity index (χ1) is 6.23. The molecule has 0 unspecified atom stereocenters. The summed E-state index contributed by atoms with van der Waals surface area (Å²) in [5.74, 6) is 0. The van der Waals surface area contributed by atoms with E-state index < -0.39 is 0 Å². The van der Waals surface area contributed by atoms with Crippen molar-refractivity contribution >= 4 is 0 Å². The Labute approximate surface area is 88.2 Å². The summed E-state index contributed by atoms with van der Waals surface area (Å²) >= 11 is 0. The topological polar surface area (TPSA) is 24.1 Å². The number of nitrogens with one attached hydrogen (secondary N) is 2. The fourth-order valence-electron chi connectivity index (χ4n) is 1.89. The quantitative estimate of drug-likeness (QED) is 0.622. The molecule has 0 radical (unpaired) electrons. The lowest BCUT2D eigenvalue weighted by molar-refractivity contribution is 0.375. The van der Waals surface area contributed by atoms with Crippen LogP contribution < -0.4 is 10.6 Å². The number of hydrogen-bond donors (Lipinski definition) is 2. The Morgan fingerprint density at radius 1 is 0.929 bits per heavy atom. The zero-order valence-electron chi connectivity index (χ0n) is 10.4. The van der Waals surface area contributed by atoms with Crippen LogP contribution in [0, 0.1) is 10.8 Å². The average Bonchev–Trinajstić information content (AvgIpc) is 2.01. The van der Waals surface area contributed by atoms with Crippen molar-refractivity contribution in [3.05, 3.63) is 11.3 Å².